The first-order valence-corrected chi connectivity index (χ1v) is 8.34. The highest BCUT2D eigenvalue weighted by molar-refractivity contribution is 5.87. The maximum absolute atomic E-state index is 5.96. The second-order valence-corrected chi connectivity index (χ2v) is 6.28. The summed E-state index contributed by atoms with van der Waals surface area (Å²) in [6.45, 7) is 9.03. The Kier molecular flexibility index (Phi) is 5.31. The molecule has 2 aromatic carbocycles. The Hall–Kier alpha value is -1.84. The molecule has 1 N–H and O–H groups in total. The van der Waals surface area contributed by atoms with Crippen molar-refractivity contribution < 1.29 is 9.47 Å². The molecule has 0 spiro atoms. The zero-order valence-electron chi connectivity index (χ0n) is 13.8. The van der Waals surface area contributed by atoms with Crippen LogP contribution in [0.3, 0.4) is 0 Å². The molecule has 1 saturated heterocycles. The zero-order chi connectivity index (χ0) is 16.1. The summed E-state index contributed by atoms with van der Waals surface area (Å²) < 4.78 is 11.6. The molecular formula is C20H25NO2. The van der Waals surface area contributed by atoms with Crippen LogP contribution in [0.5, 0.6) is 5.75 Å². The van der Waals surface area contributed by atoms with E-state index in [9.17, 15) is 0 Å². The SMILES string of the molecule is C=C(C)COc1ccc2ccccc2c1CNCC1CCCO1. The van der Waals surface area contributed by atoms with E-state index in [2.05, 4.69) is 48.3 Å². The van der Waals surface area contributed by atoms with E-state index >= 15 is 0 Å². The van der Waals surface area contributed by atoms with Gasteiger partial charge in [0.25, 0.3) is 0 Å². The quantitative estimate of drug-likeness (QED) is 0.782. The van der Waals surface area contributed by atoms with Gasteiger partial charge >= 0.3 is 0 Å². The molecule has 3 nitrogen and oxygen atoms in total. The van der Waals surface area contributed by atoms with Crippen LogP contribution in [0.1, 0.15) is 25.3 Å². The van der Waals surface area contributed by atoms with Gasteiger partial charge in [0.05, 0.1) is 6.10 Å². The maximum Gasteiger partial charge on any atom is 0.124 e. The highest BCUT2D eigenvalue weighted by atomic mass is 16.5. The van der Waals surface area contributed by atoms with E-state index in [1.807, 2.05) is 6.92 Å². The summed E-state index contributed by atoms with van der Waals surface area (Å²) in [5.74, 6) is 0.937. The largest absolute Gasteiger partial charge is 0.489 e. The van der Waals surface area contributed by atoms with Crippen LogP contribution < -0.4 is 10.1 Å². The van der Waals surface area contributed by atoms with Crippen molar-refractivity contribution in [1.82, 2.24) is 5.32 Å². The van der Waals surface area contributed by atoms with E-state index in [0.29, 0.717) is 12.7 Å². The summed E-state index contributed by atoms with van der Waals surface area (Å²) in [4.78, 5) is 0. The lowest BCUT2D eigenvalue weighted by Crippen LogP contribution is -2.26. The van der Waals surface area contributed by atoms with Gasteiger partial charge in [0, 0.05) is 25.3 Å². The molecule has 3 rings (SSSR count). The Bertz CT molecular complexity index is 674. The fourth-order valence-corrected chi connectivity index (χ4v) is 3.00. The van der Waals surface area contributed by atoms with Crippen molar-refractivity contribution in [2.75, 3.05) is 19.8 Å². The molecule has 1 aliphatic heterocycles. The lowest BCUT2D eigenvalue weighted by molar-refractivity contribution is 0.110. The molecule has 0 saturated carbocycles. The normalized spacial score (nSPS) is 17.5. The van der Waals surface area contributed by atoms with Crippen LogP contribution in [0.25, 0.3) is 10.8 Å². The molecule has 1 atom stereocenters. The van der Waals surface area contributed by atoms with Gasteiger partial charge in [-0.3, -0.25) is 0 Å². The standard InChI is InChI=1S/C20H25NO2/c1-15(2)14-23-20-10-9-16-6-3-4-8-18(16)19(20)13-21-12-17-7-5-11-22-17/h3-4,6,8-10,17,21H,1,5,7,11-14H2,2H3. The van der Waals surface area contributed by atoms with Crippen LogP contribution in [0, 0.1) is 0 Å². The number of fused-ring (bicyclic) bond motifs is 1. The second-order valence-electron chi connectivity index (χ2n) is 6.28. The van der Waals surface area contributed by atoms with E-state index in [-0.39, 0.29) is 0 Å². The topological polar surface area (TPSA) is 30.5 Å². The molecule has 0 amide bonds. The van der Waals surface area contributed by atoms with Crippen LogP contribution in [0.4, 0.5) is 0 Å². The van der Waals surface area contributed by atoms with Crippen LogP contribution in [0.15, 0.2) is 48.6 Å². The molecule has 1 aliphatic rings. The Morgan fingerprint density at radius 3 is 2.96 bits per heavy atom. The van der Waals surface area contributed by atoms with Crippen molar-refractivity contribution in [3.63, 3.8) is 0 Å². The van der Waals surface area contributed by atoms with Gasteiger partial charge in [-0.2, -0.15) is 0 Å². The lowest BCUT2D eigenvalue weighted by atomic mass is 10.0. The van der Waals surface area contributed by atoms with E-state index in [1.54, 1.807) is 0 Å². The summed E-state index contributed by atoms with van der Waals surface area (Å²) in [5, 5.41) is 6.02. The first kappa shape index (κ1) is 16.0. The molecule has 2 aromatic rings. The van der Waals surface area contributed by atoms with Gasteiger partial charge in [0.2, 0.25) is 0 Å². The van der Waals surface area contributed by atoms with Gasteiger partial charge in [0.15, 0.2) is 0 Å². The molecule has 0 radical (unpaired) electrons. The Morgan fingerprint density at radius 2 is 2.17 bits per heavy atom. The van der Waals surface area contributed by atoms with Gasteiger partial charge in [-0.1, -0.05) is 36.9 Å². The summed E-state index contributed by atoms with van der Waals surface area (Å²) in [6, 6.07) is 12.6. The third kappa shape index (κ3) is 4.12. The Balaban J connectivity index is 1.78. The minimum absolute atomic E-state index is 0.352. The minimum atomic E-state index is 0.352. The Morgan fingerprint density at radius 1 is 1.30 bits per heavy atom. The fraction of sp³-hybridized carbons (Fsp3) is 0.400. The van der Waals surface area contributed by atoms with Crippen molar-refractivity contribution >= 4 is 10.8 Å². The van der Waals surface area contributed by atoms with E-state index < -0.39 is 0 Å². The van der Waals surface area contributed by atoms with Crippen molar-refractivity contribution in [2.45, 2.75) is 32.4 Å². The van der Waals surface area contributed by atoms with Gasteiger partial charge in [-0.15, -0.1) is 0 Å². The predicted molar refractivity (Wildman–Crippen MR) is 94.9 cm³/mol. The Labute approximate surface area is 138 Å². The number of nitrogens with one attached hydrogen (secondary N) is 1. The zero-order valence-corrected chi connectivity index (χ0v) is 13.8. The predicted octanol–water partition coefficient (Wildman–Crippen LogP) is 4.06. The van der Waals surface area contributed by atoms with E-state index in [4.69, 9.17) is 9.47 Å². The van der Waals surface area contributed by atoms with Crippen LogP contribution in [0.2, 0.25) is 0 Å². The number of hydrogen-bond donors (Lipinski definition) is 1. The summed E-state index contributed by atoms with van der Waals surface area (Å²) in [6.07, 6.45) is 2.68. The van der Waals surface area contributed by atoms with Gasteiger partial charge < -0.3 is 14.8 Å². The first-order valence-electron chi connectivity index (χ1n) is 8.34. The van der Waals surface area contributed by atoms with Crippen molar-refractivity contribution in [3.8, 4) is 5.75 Å². The fourth-order valence-electron chi connectivity index (χ4n) is 3.00. The molecule has 3 heteroatoms. The molecule has 1 heterocycles. The summed E-state index contributed by atoms with van der Waals surface area (Å²) >= 11 is 0. The van der Waals surface area contributed by atoms with Crippen molar-refractivity contribution in [3.05, 3.63) is 54.1 Å². The first-order chi connectivity index (χ1) is 11.2. The van der Waals surface area contributed by atoms with Crippen LogP contribution >= 0.6 is 0 Å². The second kappa shape index (κ2) is 7.62. The average Bonchev–Trinajstić information content (AvgIpc) is 3.07. The molecular weight excluding hydrogens is 286 g/mol. The molecule has 122 valence electrons. The highest BCUT2D eigenvalue weighted by Crippen LogP contribution is 2.28. The van der Waals surface area contributed by atoms with Gasteiger partial charge in [-0.05, 0) is 42.2 Å². The lowest BCUT2D eigenvalue weighted by Gasteiger charge is -2.16. The number of hydrogen-bond acceptors (Lipinski definition) is 3. The molecule has 0 bridgehead atoms. The summed E-state index contributed by atoms with van der Waals surface area (Å²) in [7, 11) is 0. The molecule has 1 fully saturated rings. The molecule has 0 aliphatic carbocycles. The molecule has 0 aromatic heterocycles. The summed E-state index contributed by atoms with van der Waals surface area (Å²) in [5.41, 5.74) is 2.23. The number of ether oxygens (including phenoxy) is 2. The van der Waals surface area contributed by atoms with E-state index in [0.717, 1.165) is 37.4 Å². The van der Waals surface area contributed by atoms with Crippen LogP contribution in [-0.4, -0.2) is 25.9 Å². The highest BCUT2D eigenvalue weighted by Gasteiger charge is 2.15. The smallest absolute Gasteiger partial charge is 0.124 e. The monoisotopic (exact) mass is 311 g/mol. The molecule has 23 heavy (non-hydrogen) atoms. The van der Waals surface area contributed by atoms with Crippen molar-refractivity contribution in [1.29, 1.82) is 0 Å². The van der Waals surface area contributed by atoms with Crippen LogP contribution in [-0.2, 0) is 11.3 Å². The minimum Gasteiger partial charge on any atom is -0.489 e. The maximum atomic E-state index is 5.96. The number of benzene rings is 2. The van der Waals surface area contributed by atoms with Crippen molar-refractivity contribution in [2.24, 2.45) is 0 Å². The third-order valence-electron chi connectivity index (χ3n) is 4.17. The van der Waals surface area contributed by atoms with Gasteiger partial charge in [-0.25, -0.2) is 0 Å². The van der Waals surface area contributed by atoms with E-state index in [1.165, 1.54) is 22.8 Å². The molecule has 1 unspecified atom stereocenters. The van der Waals surface area contributed by atoms with Gasteiger partial charge in [0.1, 0.15) is 12.4 Å². The third-order valence-corrected chi connectivity index (χ3v) is 4.17. The average molecular weight is 311 g/mol. The number of rotatable bonds is 7.